The number of hydrogen-bond acceptors (Lipinski definition) is 3. The Hall–Kier alpha value is -1.61. The summed E-state index contributed by atoms with van der Waals surface area (Å²) >= 11 is 0. The molecule has 0 bridgehead atoms. The van der Waals surface area contributed by atoms with Crippen molar-refractivity contribution in [3.05, 3.63) is 35.6 Å². The monoisotopic (exact) mass is 286 g/mol. The summed E-state index contributed by atoms with van der Waals surface area (Å²) in [6.07, 6.45) is 6.02. The van der Waals surface area contributed by atoms with Crippen LogP contribution in [0, 0.1) is 6.92 Å². The average molecular weight is 286 g/mol. The van der Waals surface area contributed by atoms with E-state index in [0.717, 1.165) is 42.2 Å². The van der Waals surface area contributed by atoms with Crippen LogP contribution in [0.25, 0.3) is 11.0 Å². The van der Waals surface area contributed by atoms with Crippen LogP contribution in [0.5, 0.6) is 0 Å². The van der Waals surface area contributed by atoms with Crippen LogP contribution in [0.1, 0.15) is 54.6 Å². The van der Waals surface area contributed by atoms with Crippen molar-refractivity contribution in [3.63, 3.8) is 0 Å². The van der Waals surface area contributed by atoms with Crippen LogP contribution in [-0.4, -0.2) is 18.5 Å². The van der Waals surface area contributed by atoms with Gasteiger partial charge in [-0.05, 0) is 31.4 Å². The fourth-order valence-electron chi connectivity index (χ4n) is 3.37. The van der Waals surface area contributed by atoms with Crippen molar-refractivity contribution in [1.29, 1.82) is 0 Å². The molecular weight excluding hydrogens is 264 g/mol. The largest absolute Gasteiger partial charge is 0.453 e. The number of carbonyl (C=O) groups excluding carboxylic acids is 1. The van der Waals surface area contributed by atoms with Gasteiger partial charge in [0.05, 0.1) is 0 Å². The number of carbonyl (C=O) groups is 1. The summed E-state index contributed by atoms with van der Waals surface area (Å²) in [7, 11) is 1.65. The topological polar surface area (TPSA) is 39.4 Å². The van der Waals surface area contributed by atoms with Crippen molar-refractivity contribution >= 4 is 16.8 Å². The van der Waals surface area contributed by atoms with E-state index in [2.05, 4.69) is 0 Å². The van der Waals surface area contributed by atoms with E-state index in [0.29, 0.717) is 5.76 Å². The SMILES string of the molecule is COC1(C(=O)c2cc3cccc(C)c3o2)CCCCCC1. The Morgan fingerprint density at radius 1 is 1.19 bits per heavy atom. The highest BCUT2D eigenvalue weighted by atomic mass is 16.5. The third-order valence-electron chi connectivity index (χ3n) is 4.68. The molecule has 0 atom stereocenters. The number of Topliss-reactive ketones (excluding diaryl/α,β-unsaturated/α-hetero) is 1. The molecule has 1 aromatic heterocycles. The molecule has 3 rings (SSSR count). The number of fused-ring (bicyclic) bond motifs is 1. The Morgan fingerprint density at radius 3 is 2.52 bits per heavy atom. The molecule has 1 fully saturated rings. The van der Waals surface area contributed by atoms with E-state index in [1.807, 2.05) is 31.2 Å². The molecule has 1 saturated carbocycles. The number of benzene rings is 1. The first-order valence-electron chi connectivity index (χ1n) is 7.75. The molecule has 0 amide bonds. The zero-order valence-electron chi connectivity index (χ0n) is 12.8. The number of ketones is 1. The molecule has 3 nitrogen and oxygen atoms in total. The lowest BCUT2D eigenvalue weighted by molar-refractivity contribution is -0.00876. The molecule has 0 saturated heterocycles. The summed E-state index contributed by atoms with van der Waals surface area (Å²) in [6.45, 7) is 2.00. The summed E-state index contributed by atoms with van der Waals surface area (Å²) < 4.78 is 11.5. The molecule has 0 aliphatic heterocycles. The second-order valence-corrected chi connectivity index (χ2v) is 6.05. The van der Waals surface area contributed by atoms with E-state index in [1.165, 1.54) is 12.8 Å². The Labute approximate surface area is 125 Å². The van der Waals surface area contributed by atoms with Gasteiger partial charge in [-0.3, -0.25) is 4.79 Å². The maximum atomic E-state index is 13.0. The number of para-hydroxylation sites is 1. The quantitative estimate of drug-likeness (QED) is 0.608. The van der Waals surface area contributed by atoms with Gasteiger partial charge in [0.2, 0.25) is 5.78 Å². The zero-order valence-corrected chi connectivity index (χ0v) is 12.8. The number of rotatable bonds is 3. The van der Waals surface area contributed by atoms with Crippen molar-refractivity contribution in [2.75, 3.05) is 7.11 Å². The molecule has 21 heavy (non-hydrogen) atoms. The Bertz CT molecular complexity index is 646. The molecule has 2 aromatic rings. The normalized spacial score (nSPS) is 18.6. The van der Waals surface area contributed by atoms with Crippen LogP contribution in [0.3, 0.4) is 0 Å². The van der Waals surface area contributed by atoms with E-state index in [9.17, 15) is 4.79 Å². The van der Waals surface area contributed by atoms with Crippen LogP contribution >= 0.6 is 0 Å². The number of hydrogen-bond donors (Lipinski definition) is 0. The molecule has 1 aromatic carbocycles. The van der Waals surface area contributed by atoms with Gasteiger partial charge in [0.15, 0.2) is 5.76 Å². The van der Waals surface area contributed by atoms with E-state index in [1.54, 1.807) is 7.11 Å². The summed E-state index contributed by atoms with van der Waals surface area (Å²) in [5.74, 6) is 0.436. The molecule has 3 heteroatoms. The van der Waals surface area contributed by atoms with Crippen LogP contribution in [-0.2, 0) is 4.74 Å². The van der Waals surface area contributed by atoms with Gasteiger partial charge in [-0.15, -0.1) is 0 Å². The minimum atomic E-state index is -0.696. The lowest BCUT2D eigenvalue weighted by Crippen LogP contribution is -2.40. The highest BCUT2D eigenvalue weighted by molar-refractivity contribution is 6.03. The summed E-state index contributed by atoms with van der Waals surface area (Å²) in [5.41, 5.74) is 1.16. The number of furan rings is 1. The molecule has 0 spiro atoms. The van der Waals surface area contributed by atoms with Crippen molar-refractivity contribution < 1.29 is 13.9 Å². The van der Waals surface area contributed by atoms with Gasteiger partial charge >= 0.3 is 0 Å². The van der Waals surface area contributed by atoms with Crippen LogP contribution in [0.2, 0.25) is 0 Å². The van der Waals surface area contributed by atoms with E-state index < -0.39 is 5.60 Å². The zero-order chi connectivity index (χ0) is 14.9. The fraction of sp³-hybridized carbons (Fsp3) is 0.500. The van der Waals surface area contributed by atoms with Gasteiger partial charge in [0.1, 0.15) is 11.2 Å². The lowest BCUT2D eigenvalue weighted by atomic mass is 9.88. The molecule has 0 unspecified atom stereocenters. The average Bonchev–Trinajstić information content (AvgIpc) is 2.79. The molecular formula is C18H22O3. The van der Waals surface area contributed by atoms with Crippen molar-refractivity contribution in [2.24, 2.45) is 0 Å². The molecule has 1 aliphatic carbocycles. The van der Waals surface area contributed by atoms with E-state index in [-0.39, 0.29) is 5.78 Å². The van der Waals surface area contributed by atoms with Crippen molar-refractivity contribution in [2.45, 2.75) is 51.0 Å². The van der Waals surface area contributed by atoms with Crippen molar-refractivity contribution in [1.82, 2.24) is 0 Å². The summed E-state index contributed by atoms with van der Waals surface area (Å²) in [5, 5.41) is 0.984. The molecule has 1 aliphatic rings. The van der Waals surface area contributed by atoms with E-state index in [4.69, 9.17) is 9.15 Å². The smallest absolute Gasteiger partial charge is 0.229 e. The number of methoxy groups -OCH3 is 1. The fourth-order valence-corrected chi connectivity index (χ4v) is 3.37. The predicted molar refractivity (Wildman–Crippen MR) is 82.7 cm³/mol. The predicted octanol–water partition coefficient (Wildman–Crippen LogP) is 4.66. The molecule has 0 radical (unpaired) electrons. The molecule has 0 N–H and O–H groups in total. The first-order chi connectivity index (χ1) is 10.2. The number of aryl methyl sites for hydroxylation is 1. The Morgan fingerprint density at radius 2 is 1.90 bits per heavy atom. The maximum absolute atomic E-state index is 13.0. The maximum Gasteiger partial charge on any atom is 0.229 e. The van der Waals surface area contributed by atoms with Gasteiger partial charge in [-0.2, -0.15) is 0 Å². The first-order valence-corrected chi connectivity index (χ1v) is 7.75. The second-order valence-electron chi connectivity index (χ2n) is 6.05. The summed E-state index contributed by atoms with van der Waals surface area (Å²) in [6, 6.07) is 7.82. The third kappa shape index (κ3) is 2.51. The molecule has 112 valence electrons. The van der Waals surface area contributed by atoms with Crippen molar-refractivity contribution in [3.8, 4) is 0 Å². The van der Waals surface area contributed by atoms with Gasteiger partial charge < -0.3 is 9.15 Å². The number of ether oxygens (including phenoxy) is 1. The third-order valence-corrected chi connectivity index (χ3v) is 4.68. The Kier molecular flexibility index (Phi) is 3.85. The van der Waals surface area contributed by atoms with Gasteiger partial charge in [0, 0.05) is 12.5 Å². The van der Waals surface area contributed by atoms with Gasteiger partial charge in [0.25, 0.3) is 0 Å². The minimum Gasteiger partial charge on any atom is -0.453 e. The van der Waals surface area contributed by atoms with Gasteiger partial charge in [-0.1, -0.05) is 43.9 Å². The second kappa shape index (κ2) is 5.64. The molecule has 1 heterocycles. The van der Waals surface area contributed by atoms with Crippen LogP contribution < -0.4 is 0 Å². The van der Waals surface area contributed by atoms with Crippen LogP contribution in [0.15, 0.2) is 28.7 Å². The first kappa shape index (κ1) is 14.3. The van der Waals surface area contributed by atoms with Crippen LogP contribution in [0.4, 0.5) is 0 Å². The Balaban J connectivity index is 1.99. The highest BCUT2D eigenvalue weighted by Crippen LogP contribution is 2.35. The standard InChI is InChI=1S/C18H22O3/c1-13-8-7-9-14-12-15(21-16(13)14)17(19)18(20-2)10-5-3-4-6-11-18/h7-9,12H,3-6,10-11H2,1-2H3. The highest BCUT2D eigenvalue weighted by Gasteiger charge is 2.40. The minimum absolute atomic E-state index is 0.00231. The van der Waals surface area contributed by atoms with Gasteiger partial charge in [-0.25, -0.2) is 0 Å². The van der Waals surface area contributed by atoms with E-state index >= 15 is 0 Å². The summed E-state index contributed by atoms with van der Waals surface area (Å²) in [4.78, 5) is 13.0. The lowest BCUT2D eigenvalue weighted by Gasteiger charge is -2.28.